The van der Waals surface area contributed by atoms with Gasteiger partial charge in [-0.15, -0.1) is 0 Å². The van der Waals surface area contributed by atoms with E-state index in [-0.39, 0.29) is 11.1 Å². The smallest absolute Gasteiger partial charge is 0.185 e. The molecule has 0 aliphatic heterocycles. The maximum absolute atomic E-state index is 11.3. The van der Waals surface area contributed by atoms with E-state index in [0.29, 0.717) is 0 Å². The Kier molecular flexibility index (Phi) is 1.94. The molecule has 2 unspecified atom stereocenters. The summed E-state index contributed by atoms with van der Waals surface area (Å²) in [6.07, 6.45) is 2.64. The standard InChI is InChI=1S/C10H8O4/c11-5-1-2-6(12)10-8(14)4-3-7(13)9(5)10/h1-6,11-12H. The Balaban J connectivity index is 2.55. The Morgan fingerprint density at radius 1 is 0.857 bits per heavy atom. The van der Waals surface area contributed by atoms with Crippen LogP contribution in [0.25, 0.3) is 0 Å². The van der Waals surface area contributed by atoms with Crippen LogP contribution >= 0.6 is 0 Å². The number of hydrogen-bond donors (Lipinski definition) is 2. The largest absolute Gasteiger partial charge is 0.384 e. The van der Waals surface area contributed by atoms with Gasteiger partial charge in [0.05, 0.1) is 0 Å². The Bertz CT molecular complexity index is 364. The highest BCUT2D eigenvalue weighted by Gasteiger charge is 2.32. The monoisotopic (exact) mass is 192 g/mol. The number of allylic oxidation sites excluding steroid dienone is 2. The third-order valence-electron chi connectivity index (χ3n) is 2.27. The van der Waals surface area contributed by atoms with Gasteiger partial charge in [-0.25, -0.2) is 0 Å². The maximum atomic E-state index is 11.3. The lowest BCUT2D eigenvalue weighted by molar-refractivity contribution is -0.116. The topological polar surface area (TPSA) is 74.6 Å². The molecule has 0 aromatic heterocycles. The summed E-state index contributed by atoms with van der Waals surface area (Å²) >= 11 is 0. The second-order valence-corrected chi connectivity index (χ2v) is 3.16. The van der Waals surface area contributed by atoms with Crippen LogP contribution in [0, 0.1) is 0 Å². The first kappa shape index (κ1) is 9.05. The predicted molar refractivity (Wildman–Crippen MR) is 47.3 cm³/mol. The zero-order valence-corrected chi connectivity index (χ0v) is 7.18. The molecule has 0 saturated carbocycles. The van der Waals surface area contributed by atoms with Gasteiger partial charge in [0.15, 0.2) is 11.6 Å². The van der Waals surface area contributed by atoms with Crippen LogP contribution in [0.2, 0.25) is 0 Å². The molecule has 2 aliphatic rings. The summed E-state index contributed by atoms with van der Waals surface area (Å²) in [6, 6.07) is 0. The van der Waals surface area contributed by atoms with Crippen molar-refractivity contribution in [3.63, 3.8) is 0 Å². The second-order valence-electron chi connectivity index (χ2n) is 3.16. The van der Waals surface area contributed by atoms with Crippen molar-refractivity contribution in [2.75, 3.05) is 0 Å². The molecule has 2 N–H and O–H groups in total. The molecule has 0 amide bonds. The summed E-state index contributed by atoms with van der Waals surface area (Å²) in [7, 11) is 0. The average Bonchev–Trinajstić information content (AvgIpc) is 2.16. The van der Waals surface area contributed by atoms with Gasteiger partial charge in [0.2, 0.25) is 0 Å². The normalized spacial score (nSPS) is 31.0. The molecule has 72 valence electrons. The number of hydrogen-bond acceptors (Lipinski definition) is 4. The highest BCUT2D eigenvalue weighted by molar-refractivity contribution is 6.21. The fourth-order valence-electron chi connectivity index (χ4n) is 1.61. The van der Waals surface area contributed by atoms with Crippen LogP contribution in [0.4, 0.5) is 0 Å². The van der Waals surface area contributed by atoms with Crippen molar-refractivity contribution in [1.82, 2.24) is 0 Å². The van der Waals surface area contributed by atoms with Crippen molar-refractivity contribution in [1.29, 1.82) is 0 Å². The van der Waals surface area contributed by atoms with Gasteiger partial charge in [-0.05, 0) is 12.2 Å². The highest BCUT2D eigenvalue weighted by atomic mass is 16.3. The minimum atomic E-state index is -1.09. The first-order valence-corrected chi connectivity index (χ1v) is 4.16. The van der Waals surface area contributed by atoms with E-state index in [4.69, 9.17) is 0 Å². The molecule has 0 bridgehead atoms. The van der Waals surface area contributed by atoms with Crippen LogP contribution in [0.3, 0.4) is 0 Å². The minimum Gasteiger partial charge on any atom is -0.384 e. The molecule has 2 aliphatic carbocycles. The SMILES string of the molecule is O=C1C=CC(=O)C2=C1C(O)C=CC2O. The lowest BCUT2D eigenvalue weighted by Gasteiger charge is -2.23. The van der Waals surface area contributed by atoms with Crippen molar-refractivity contribution < 1.29 is 19.8 Å². The van der Waals surface area contributed by atoms with Gasteiger partial charge < -0.3 is 10.2 Å². The highest BCUT2D eigenvalue weighted by Crippen LogP contribution is 2.25. The molecule has 14 heavy (non-hydrogen) atoms. The summed E-state index contributed by atoms with van der Waals surface area (Å²) in [6.45, 7) is 0. The van der Waals surface area contributed by atoms with Crippen LogP contribution in [-0.4, -0.2) is 34.0 Å². The first-order valence-electron chi connectivity index (χ1n) is 4.16. The zero-order chi connectivity index (χ0) is 10.3. The summed E-state index contributed by atoms with van der Waals surface area (Å²) in [5, 5.41) is 18.9. The van der Waals surface area contributed by atoms with Crippen LogP contribution < -0.4 is 0 Å². The summed E-state index contributed by atoms with van der Waals surface area (Å²) in [4.78, 5) is 22.7. The first-order chi connectivity index (χ1) is 6.61. The van der Waals surface area contributed by atoms with E-state index in [2.05, 4.69) is 0 Å². The van der Waals surface area contributed by atoms with E-state index >= 15 is 0 Å². The second kappa shape index (κ2) is 3.01. The Labute approximate surface area is 79.9 Å². The lowest BCUT2D eigenvalue weighted by Crippen LogP contribution is -2.31. The van der Waals surface area contributed by atoms with E-state index < -0.39 is 23.8 Å². The van der Waals surface area contributed by atoms with Crippen molar-refractivity contribution in [2.24, 2.45) is 0 Å². The van der Waals surface area contributed by atoms with Crippen molar-refractivity contribution in [2.45, 2.75) is 12.2 Å². The zero-order valence-electron chi connectivity index (χ0n) is 7.18. The predicted octanol–water partition coefficient (Wildman–Crippen LogP) is -0.717. The summed E-state index contributed by atoms with van der Waals surface area (Å²) in [5.41, 5.74) is -0.0139. The van der Waals surface area contributed by atoms with Crippen molar-refractivity contribution in [3.8, 4) is 0 Å². The lowest BCUT2D eigenvalue weighted by atomic mass is 9.84. The van der Waals surface area contributed by atoms with E-state index in [1.165, 1.54) is 12.2 Å². The van der Waals surface area contributed by atoms with Gasteiger partial charge in [0.25, 0.3) is 0 Å². The van der Waals surface area contributed by atoms with Gasteiger partial charge >= 0.3 is 0 Å². The number of aliphatic hydroxyl groups is 2. The van der Waals surface area contributed by atoms with E-state index in [1.54, 1.807) is 0 Å². The Morgan fingerprint density at radius 3 is 1.57 bits per heavy atom. The molecule has 0 fully saturated rings. The van der Waals surface area contributed by atoms with Gasteiger partial charge in [-0.1, -0.05) is 12.2 Å². The maximum Gasteiger partial charge on any atom is 0.185 e. The Hall–Kier alpha value is -1.52. The minimum absolute atomic E-state index is 0.00694. The van der Waals surface area contributed by atoms with E-state index in [0.717, 1.165) is 12.2 Å². The average molecular weight is 192 g/mol. The van der Waals surface area contributed by atoms with Crippen LogP contribution in [0.15, 0.2) is 35.5 Å². The fourth-order valence-corrected chi connectivity index (χ4v) is 1.61. The molecule has 0 aromatic carbocycles. The molecular formula is C10H8O4. The molecule has 4 heteroatoms. The molecule has 2 rings (SSSR count). The van der Waals surface area contributed by atoms with Crippen LogP contribution in [0.1, 0.15) is 0 Å². The van der Waals surface area contributed by atoms with Crippen LogP contribution in [-0.2, 0) is 9.59 Å². The molecule has 2 atom stereocenters. The molecular weight excluding hydrogens is 184 g/mol. The number of carbonyl (C=O) groups excluding carboxylic acids is 2. The summed E-state index contributed by atoms with van der Waals surface area (Å²) in [5.74, 6) is -0.842. The third kappa shape index (κ3) is 1.16. The molecule has 0 saturated heterocycles. The van der Waals surface area contributed by atoms with E-state index in [1.807, 2.05) is 0 Å². The number of carbonyl (C=O) groups is 2. The van der Waals surface area contributed by atoms with Crippen molar-refractivity contribution in [3.05, 3.63) is 35.5 Å². The molecule has 4 nitrogen and oxygen atoms in total. The van der Waals surface area contributed by atoms with Gasteiger partial charge in [0.1, 0.15) is 12.2 Å². The third-order valence-corrected chi connectivity index (χ3v) is 2.27. The molecule has 0 heterocycles. The number of ketones is 2. The quantitative estimate of drug-likeness (QED) is 0.392. The number of aliphatic hydroxyl groups excluding tert-OH is 2. The van der Waals surface area contributed by atoms with Gasteiger partial charge in [0, 0.05) is 11.1 Å². The molecule has 0 spiro atoms. The van der Waals surface area contributed by atoms with Crippen LogP contribution in [0.5, 0.6) is 0 Å². The van der Waals surface area contributed by atoms with Crippen molar-refractivity contribution >= 4 is 11.6 Å². The van der Waals surface area contributed by atoms with Gasteiger partial charge in [-0.2, -0.15) is 0 Å². The number of rotatable bonds is 0. The summed E-state index contributed by atoms with van der Waals surface area (Å²) < 4.78 is 0. The van der Waals surface area contributed by atoms with E-state index in [9.17, 15) is 19.8 Å². The Morgan fingerprint density at radius 2 is 1.21 bits per heavy atom. The molecule has 0 radical (unpaired) electrons. The van der Waals surface area contributed by atoms with Gasteiger partial charge in [-0.3, -0.25) is 9.59 Å². The molecule has 0 aromatic rings. The fraction of sp³-hybridized carbons (Fsp3) is 0.200.